The van der Waals surface area contributed by atoms with Crippen molar-refractivity contribution in [3.8, 4) is 0 Å². The summed E-state index contributed by atoms with van der Waals surface area (Å²) in [6.45, 7) is 10.9. The number of rotatable bonds is 9. The van der Waals surface area contributed by atoms with Gasteiger partial charge in [-0.3, -0.25) is 14.7 Å². The molecule has 0 spiro atoms. The lowest BCUT2D eigenvalue weighted by molar-refractivity contribution is -0.122. The van der Waals surface area contributed by atoms with Gasteiger partial charge in [-0.05, 0) is 44.7 Å². The SMILES string of the molecule is CCCNC(=O)CN1CCC(NC(=NCCc2cn3cccc(C)c3n2)NCC)CC1.I. The first kappa shape index (κ1) is 26.4. The molecule has 0 aromatic carbocycles. The van der Waals surface area contributed by atoms with Crippen molar-refractivity contribution in [1.29, 1.82) is 0 Å². The average Bonchev–Trinajstić information content (AvgIpc) is 3.18. The second-order valence-corrected chi connectivity index (χ2v) is 8.21. The maximum atomic E-state index is 11.9. The molecule has 0 radical (unpaired) electrons. The number of piperidine rings is 1. The van der Waals surface area contributed by atoms with Crippen LogP contribution in [0.4, 0.5) is 0 Å². The molecule has 1 amide bonds. The standard InChI is InChI=1S/C23H37N7O.HI/c1-4-11-25-21(31)17-29-14-9-19(10-15-29)28-23(24-5-2)26-12-8-20-16-30-13-6-7-18(3)22(30)27-20;/h6-7,13,16,19H,4-5,8-12,14-15,17H2,1-3H3,(H,25,31)(H2,24,26,28);1H. The van der Waals surface area contributed by atoms with Gasteiger partial charge in [0.05, 0.1) is 12.2 Å². The highest BCUT2D eigenvalue weighted by Crippen LogP contribution is 2.11. The Morgan fingerprint density at radius 3 is 2.72 bits per heavy atom. The van der Waals surface area contributed by atoms with E-state index >= 15 is 0 Å². The molecule has 0 bridgehead atoms. The van der Waals surface area contributed by atoms with Gasteiger partial charge in [0.25, 0.3) is 0 Å². The number of aliphatic imine (C=N–C) groups is 1. The number of aromatic nitrogens is 2. The number of hydrogen-bond donors (Lipinski definition) is 3. The number of halogens is 1. The molecule has 0 aliphatic carbocycles. The lowest BCUT2D eigenvalue weighted by Gasteiger charge is -2.32. The van der Waals surface area contributed by atoms with Crippen LogP contribution in [0.2, 0.25) is 0 Å². The molecule has 0 unspecified atom stereocenters. The molecule has 0 saturated carbocycles. The number of nitrogens with zero attached hydrogens (tertiary/aromatic N) is 4. The fraction of sp³-hybridized carbons (Fsp3) is 0.609. The molecule has 8 nitrogen and oxygen atoms in total. The summed E-state index contributed by atoms with van der Waals surface area (Å²) in [4.78, 5) is 23.7. The minimum Gasteiger partial charge on any atom is -0.357 e. The first-order chi connectivity index (χ1) is 15.1. The van der Waals surface area contributed by atoms with Crippen molar-refractivity contribution in [2.75, 3.05) is 39.3 Å². The van der Waals surface area contributed by atoms with Crippen LogP contribution in [0.3, 0.4) is 0 Å². The van der Waals surface area contributed by atoms with Crippen molar-refractivity contribution in [2.45, 2.75) is 52.5 Å². The number of carbonyl (C=O) groups is 1. The maximum absolute atomic E-state index is 11.9. The van der Waals surface area contributed by atoms with Gasteiger partial charge in [0, 0.05) is 57.6 Å². The van der Waals surface area contributed by atoms with Crippen molar-refractivity contribution >= 4 is 41.5 Å². The van der Waals surface area contributed by atoms with Crippen LogP contribution in [0.25, 0.3) is 5.65 Å². The topological polar surface area (TPSA) is 86.1 Å². The molecule has 0 atom stereocenters. The van der Waals surface area contributed by atoms with Gasteiger partial charge in [-0.2, -0.15) is 0 Å². The monoisotopic (exact) mass is 555 g/mol. The molecular formula is C23H38IN7O. The van der Waals surface area contributed by atoms with Crippen molar-refractivity contribution in [2.24, 2.45) is 4.99 Å². The molecule has 32 heavy (non-hydrogen) atoms. The number of aryl methyl sites for hydroxylation is 1. The molecule has 3 heterocycles. The molecule has 1 aliphatic rings. The lowest BCUT2D eigenvalue weighted by Crippen LogP contribution is -2.50. The number of guanidine groups is 1. The number of amides is 1. The van der Waals surface area contributed by atoms with E-state index in [-0.39, 0.29) is 29.9 Å². The molecule has 1 saturated heterocycles. The predicted molar refractivity (Wildman–Crippen MR) is 141 cm³/mol. The van der Waals surface area contributed by atoms with Gasteiger partial charge in [0.2, 0.25) is 5.91 Å². The summed E-state index contributed by atoms with van der Waals surface area (Å²) in [5, 5.41) is 9.88. The van der Waals surface area contributed by atoms with E-state index in [2.05, 4.69) is 58.3 Å². The molecular weight excluding hydrogens is 517 g/mol. The minimum atomic E-state index is 0. The van der Waals surface area contributed by atoms with Gasteiger partial charge >= 0.3 is 0 Å². The Morgan fingerprint density at radius 2 is 2.03 bits per heavy atom. The van der Waals surface area contributed by atoms with Crippen LogP contribution in [0, 0.1) is 6.92 Å². The summed E-state index contributed by atoms with van der Waals surface area (Å²) in [5.74, 6) is 0.992. The Kier molecular flexibility index (Phi) is 11.2. The zero-order valence-corrected chi connectivity index (χ0v) is 21.9. The normalized spacial score (nSPS) is 15.4. The van der Waals surface area contributed by atoms with Gasteiger partial charge in [-0.25, -0.2) is 4.98 Å². The van der Waals surface area contributed by atoms with Crippen LogP contribution in [-0.4, -0.2) is 71.5 Å². The zero-order valence-electron chi connectivity index (χ0n) is 19.6. The summed E-state index contributed by atoms with van der Waals surface area (Å²) in [7, 11) is 0. The highest BCUT2D eigenvalue weighted by molar-refractivity contribution is 14.0. The number of hydrogen-bond acceptors (Lipinski definition) is 4. The van der Waals surface area contributed by atoms with Crippen LogP contribution in [0.15, 0.2) is 29.5 Å². The molecule has 1 fully saturated rings. The highest BCUT2D eigenvalue weighted by atomic mass is 127. The van der Waals surface area contributed by atoms with Gasteiger partial charge in [0.1, 0.15) is 5.65 Å². The Morgan fingerprint density at radius 1 is 1.25 bits per heavy atom. The van der Waals surface area contributed by atoms with E-state index in [1.54, 1.807) is 0 Å². The molecule has 2 aromatic rings. The van der Waals surface area contributed by atoms with Crippen LogP contribution < -0.4 is 16.0 Å². The zero-order chi connectivity index (χ0) is 22.1. The first-order valence-corrected chi connectivity index (χ1v) is 11.6. The van der Waals surface area contributed by atoms with E-state index in [9.17, 15) is 4.79 Å². The van der Waals surface area contributed by atoms with Crippen molar-refractivity contribution in [3.05, 3.63) is 35.8 Å². The minimum absolute atomic E-state index is 0. The molecule has 178 valence electrons. The predicted octanol–water partition coefficient (Wildman–Crippen LogP) is 2.35. The molecule has 1 aliphatic heterocycles. The lowest BCUT2D eigenvalue weighted by atomic mass is 10.1. The van der Waals surface area contributed by atoms with E-state index in [1.165, 1.54) is 5.56 Å². The van der Waals surface area contributed by atoms with Crippen molar-refractivity contribution < 1.29 is 4.79 Å². The Hall–Kier alpha value is -1.88. The molecule has 3 N–H and O–H groups in total. The Balaban J connectivity index is 0.00000363. The van der Waals surface area contributed by atoms with Gasteiger partial charge in [-0.15, -0.1) is 24.0 Å². The number of imidazole rings is 1. The van der Waals surface area contributed by atoms with Crippen LogP contribution in [0.5, 0.6) is 0 Å². The third-order valence-electron chi connectivity index (χ3n) is 5.58. The van der Waals surface area contributed by atoms with Gasteiger partial charge in [-0.1, -0.05) is 13.0 Å². The molecule has 2 aromatic heterocycles. The third-order valence-corrected chi connectivity index (χ3v) is 5.58. The van der Waals surface area contributed by atoms with E-state index in [0.717, 1.165) is 69.2 Å². The average molecular weight is 556 g/mol. The van der Waals surface area contributed by atoms with Crippen molar-refractivity contribution in [3.63, 3.8) is 0 Å². The molecule has 9 heteroatoms. The second-order valence-electron chi connectivity index (χ2n) is 8.21. The summed E-state index contributed by atoms with van der Waals surface area (Å²) < 4.78 is 2.08. The fourth-order valence-electron chi connectivity index (χ4n) is 3.88. The summed E-state index contributed by atoms with van der Waals surface area (Å²) in [6.07, 6.45) is 7.93. The smallest absolute Gasteiger partial charge is 0.234 e. The summed E-state index contributed by atoms with van der Waals surface area (Å²) >= 11 is 0. The fourth-order valence-corrected chi connectivity index (χ4v) is 3.88. The Labute approximate surface area is 208 Å². The van der Waals surface area contributed by atoms with Gasteiger partial charge in [0.15, 0.2) is 5.96 Å². The number of nitrogens with one attached hydrogen (secondary N) is 3. The van der Waals surface area contributed by atoms with E-state index < -0.39 is 0 Å². The van der Waals surface area contributed by atoms with Crippen LogP contribution in [0.1, 0.15) is 44.4 Å². The number of carbonyl (C=O) groups excluding carboxylic acids is 1. The van der Waals surface area contributed by atoms with E-state index in [1.807, 2.05) is 12.3 Å². The number of fused-ring (bicyclic) bond motifs is 1. The van der Waals surface area contributed by atoms with E-state index in [4.69, 9.17) is 9.98 Å². The molecule has 3 rings (SSSR count). The quantitative estimate of drug-likeness (QED) is 0.251. The van der Waals surface area contributed by atoms with E-state index in [0.29, 0.717) is 19.1 Å². The second kappa shape index (κ2) is 13.6. The van der Waals surface area contributed by atoms with Crippen molar-refractivity contribution in [1.82, 2.24) is 30.2 Å². The third kappa shape index (κ3) is 7.91. The Bertz CT molecular complexity index is 874. The summed E-state index contributed by atoms with van der Waals surface area (Å²) in [5.41, 5.74) is 3.26. The maximum Gasteiger partial charge on any atom is 0.234 e. The summed E-state index contributed by atoms with van der Waals surface area (Å²) in [6, 6.07) is 4.51. The number of pyridine rings is 1. The van der Waals surface area contributed by atoms with Crippen LogP contribution >= 0.6 is 24.0 Å². The largest absolute Gasteiger partial charge is 0.357 e. The first-order valence-electron chi connectivity index (χ1n) is 11.6. The number of likely N-dealkylation sites (tertiary alicyclic amines) is 1. The van der Waals surface area contributed by atoms with Crippen LogP contribution in [-0.2, 0) is 11.2 Å². The highest BCUT2D eigenvalue weighted by Gasteiger charge is 2.21. The van der Waals surface area contributed by atoms with Gasteiger partial charge < -0.3 is 20.4 Å².